The van der Waals surface area contributed by atoms with Crippen molar-refractivity contribution in [3.63, 3.8) is 0 Å². The molecule has 90 valence electrons. The van der Waals surface area contributed by atoms with Gasteiger partial charge in [-0.25, -0.2) is 4.79 Å². The lowest BCUT2D eigenvalue weighted by atomic mass is 10.2. The summed E-state index contributed by atoms with van der Waals surface area (Å²) >= 11 is 1.39. The van der Waals surface area contributed by atoms with Crippen LogP contribution in [0, 0.1) is 0 Å². The molecule has 5 N–H and O–H groups in total. The molecule has 0 aromatic carbocycles. The van der Waals surface area contributed by atoms with E-state index in [4.69, 9.17) is 10.8 Å². The molecule has 0 aliphatic carbocycles. The van der Waals surface area contributed by atoms with Gasteiger partial charge in [-0.3, -0.25) is 4.90 Å². The molecule has 0 spiro atoms. The highest BCUT2D eigenvalue weighted by atomic mass is 32.2. The van der Waals surface area contributed by atoms with Crippen LogP contribution in [0.3, 0.4) is 0 Å². The van der Waals surface area contributed by atoms with E-state index in [9.17, 15) is 9.90 Å². The van der Waals surface area contributed by atoms with Crippen LogP contribution < -0.4 is 11.1 Å². The van der Waals surface area contributed by atoms with Crippen LogP contribution >= 0.6 is 11.8 Å². The van der Waals surface area contributed by atoms with Crippen molar-refractivity contribution < 1.29 is 15.0 Å². The van der Waals surface area contributed by atoms with Crippen molar-refractivity contribution in [3.8, 4) is 0 Å². The van der Waals surface area contributed by atoms with Crippen LogP contribution in [0.2, 0.25) is 0 Å². The number of urea groups is 1. The zero-order valence-electron chi connectivity index (χ0n) is 8.54. The maximum Gasteiger partial charge on any atom is 0.349 e. The minimum Gasteiger partial charge on any atom is -0.395 e. The van der Waals surface area contributed by atoms with Gasteiger partial charge in [0.15, 0.2) is 5.96 Å². The third-order valence-corrected chi connectivity index (χ3v) is 4.20. The first-order chi connectivity index (χ1) is 7.61. The van der Waals surface area contributed by atoms with Gasteiger partial charge in [-0.15, -0.1) is 11.8 Å². The van der Waals surface area contributed by atoms with Crippen LogP contribution in [0.5, 0.6) is 0 Å². The fraction of sp³-hybridized carbons (Fsp3) is 0.750. The van der Waals surface area contributed by atoms with Gasteiger partial charge in [0.1, 0.15) is 0 Å². The number of aliphatic hydroxyl groups excluding tert-OH is 2. The number of nitrogens with one attached hydrogen (secondary N) is 1. The Morgan fingerprint density at radius 3 is 3.00 bits per heavy atom. The maximum absolute atomic E-state index is 11.6. The first-order valence-corrected chi connectivity index (χ1v) is 5.89. The topological polar surface area (TPSA) is 111 Å². The van der Waals surface area contributed by atoms with Crippen molar-refractivity contribution in [3.05, 3.63) is 0 Å². The average molecular weight is 246 g/mol. The number of amides is 2. The number of nitrogens with two attached hydrogens (primary N) is 1. The van der Waals surface area contributed by atoms with Crippen LogP contribution in [-0.2, 0) is 0 Å². The molecule has 1 unspecified atom stereocenters. The smallest absolute Gasteiger partial charge is 0.349 e. The van der Waals surface area contributed by atoms with Crippen LogP contribution in [0.15, 0.2) is 4.99 Å². The van der Waals surface area contributed by atoms with Gasteiger partial charge >= 0.3 is 6.03 Å². The zero-order valence-corrected chi connectivity index (χ0v) is 9.35. The quantitative estimate of drug-likeness (QED) is 0.470. The van der Waals surface area contributed by atoms with Crippen molar-refractivity contribution in [2.75, 3.05) is 13.3 Å². The summed E-state index contributed by atoms with van der Waals surface area (Å²) in [7, 11) is 0. The Morgan fingerprint density at radius 1 is 1.69 bits per heavy atom. The summed E-state index contributed by atoms with van der Waals surface area (Å²) in [5.41, 5.74) is 5.36. The van der Waals surface area contributed by atoms with Crippen molar-refractivity contribution in [2.45, 2.75) is 23.1 Å². The van der Waals surface area contributed by atoms with Crippen LogP contribution in [0.1, 0.15) is 6.42 Å². The molecule has 1 saturated heterocycles. The average Bonchev–Trinajstić information content (AvgIpc) is 2.59. The molecule has 8 heteroatoms. The molecule has 0 radical (unpaired) electrons. The fourth-order valence-electron chi connectivity index (χ4n) is 1.74. The Balaban J connectivity index is 2.02. The molecule has 2 amide bonds. The number of hydrogen-bond acceptors (Lipinski definition) is 6. The molecule has 2 heterocycles. The Bertz CT molecular complexity index is 324. The van der Waals surface area contributed by atoms with E-state index in [0.717, 1.165) is 0 Å². The summed E-state index contributed by atoms with van der Waals surface area (Å²) in [4.78, 5) is 16.7. The van der Waals surface area contributed by atoms with Crippen LogP contribution in [-0.4, -0.2) is 57.1 Å². The summed E-state index contributed by atoms with van der Waals surface area (Å²) in [6, 6.07) is -0.403. The summed E-state index contributed by atoms with van der Waals surface area (Å²) in [6.07, 6.45) is -0.144. The Kier molecular flexibility index (Phi) is 3.22. The minimum absolute atomic E-state index is 0.0940. The Labute approximate surface area is 96.7 Å². The molecule has 0 aromatic heterocycles. The molecule has 0 aromatic rings. The number of carbonyl (C=O) groups is 1. The lowest BCUT2D eigenvalue weighted by Crippen LogP contribution is -2.51. The molecule has 2 aliphatic heterocycles. The SMILES string of the molecule is NC1=NC(=O)N([C@H]2CC(O)[C@@H](CO)S2)CN1. The number of hydrogen-bond donors (Lipinski definition) is 4. The molecule has 0 bridgehead atoms. The normalized spacial score (nSPS) is 34.9. The zero-order chi connectivity index (χ0) is 11.7. The second-order valence-corrected chi connectivity index (χ2v) is 5.12. The molecular weight excluding hydrogens is 232 g/mol. The molecule has 16 heavy (non-hydrogen) atoms. The fourth-order valence-corrected chi connectivity index (χ4v) is 3.14. The highest BCUT2D eigenvalue weighted by Gasteiger charge is 2.39. The third-order valence-electron chi connectivity index (χ3n) is 2.62. The lowest BCUT2D eigenvalue weighted by molar-refractivity contribution is 0.127. The predicted octanol–water partition coefficient (Wildman–Crippen LogP) is -1.53. The first kappa shape index (κ1) is 11.5. The van der Waals surface area contributed by atoms with E-state index in [2.05, 4.69) is 10.3 Å². The Hall–Kier alpha value is -0.990. The summed E-state index contributed by atoms with van der Waals surface area (Å²) in [5.74, 6) is 0.114. The number of nitrogens with zero attached hydrogens (tertiary/aromatic N) is 2. The number of guanidine groups is 1. The largest absolute Gasteiger partial charge is 0.395 e. The summed E-state index contributed by atoms with van der Waals surface area (Å²) < 4.78 is 0. The van der Waals surface area contributed by atoms with E-state index >= 15 is 0 Å². The van der Waals surface area contributed by atoms with Gasteiger partial charge < -0.3 is 21.3 Å². The Morgan fingerprint density at radius 2 is 2.44 bits per heavy atom. The summed E-state index contributed by atoms with van der Waals surface area (Å²) in [5, 5.41) is 21.0. The van der Waals surface area contributed by atoms with Gasteiger partial charge in [0, 0.05) is 6.42 Å². The van der Waals surface area contributed by atoms with Gasteiger partial charge in [-0.1, -0.05) is 0 Å². The second kappa shape index (κ2) is 4.48. The van der Waals surface area contributed by atoms with E-state index in [1.54, 1.807) is 0 Å². The maximum atomic E-state index is 11.6. The third kappa shape index (κ3) is 2.08. The molecule has 7 nitrogen and oxygen atoms in total. The lowest BCUT2D eigenvalue weighted by Gasteiger charge is -2.29. The van der Waals surface area contributed by atoms with Crippen molar-refractivity contribution in [1.29, 1.82) is 0 Å². The molecule has 2 rings (SSSR count). The van der Waals surface area contributed by atoms with Crippen LogP contribution in [0.4, 0.5) is 4.79 Å². The highest BCUT2D eigenvalue weighted by Crippen LogP contribution is 2.36. The summed E-state index contributed by atoms with van der Waals surface area (Å²) in [6.45, 7) is 0.194. The van der Waals surface area contributed by atoms with Gasteiger partial charge in [0.05, 0.1) is 30.0 Å². The van der Waals surface area contributed by atoms with E-state index in [0.29, 0.717) is 6.42 Å². The number of aliphatic imine (C=N–C) groups is 1. The number of carbonyl (C=O) groups excluding carboxylic acids is 1. The van der Waals surface area contributed by atoms with Crippen molar-refractivity contribution in [1.82, 2.24) is 10.2 Å². The van der Waals surface area contributed by atoms with E-state index < -0.39 is 12.1 Å². The monoisotopic (exact) mass is 246 g/mol. The van der Waals surface area contributed by atoms with Gasteiger partial charge in [-0.05, 0) is 0 Å². The van der Waals surface area contributed by atoms with Crippen molar-refractivity contribution in [2.24, 2.45) is 10.7 Å². The van der Waals surface area contributed by atoms with Crippen LogP contribution in [0.25, 0.3) is 0 Å². The highest BCUT2D eigenvalue weighted by molar-refractivity contribution is 8.00. The standard InChI is InChI=1S/C8H14N4O3S/c9-7-10-3-12(8(15)11-7)6-1-4(14)5(2-13)16-6/h4-6,13-14H,1-3H2,(H3,9,10,11,15)/t4?,5-,6-/m1/s1. The van der Waals surface area contributed by atoms with E-state index in [1.807, 2.05) is 0 Å². The molecular formula is C8H14N4O3S. The van der Waals surface area contributed by atoms with E-state index in [-0.39, 0.29) is 29.9 Å². The molecule has 3 atom stereocenters. The first-order valence-electron chi connectivity index (χ1n) is 4.95. The number of rotatable bonds is 2. The van der Waals surface area contributed by atoms with E-state index in [1.165, 1.54) is 16.7 Å². The van der Waals surface area contributed by atoms with Gasteiger partial charge in [0.25, 0.3) is 0 Å². The second-order valence-electron chi connectivity index (χ2n) is 3.70. The van der Waals surface area contributed by atoms with Gasteiger partial charge in [-0.2, -0.15) is 4.99 Å². The predicted molar refractivity (Wildman–Crippen MR) is 59.7 cm³/mol. The number of aliphatic hydroxyl groups is 2. The molecule has 2 aliphatic rings. The molecule has 0 saturated carbocycles. The minimum atomic E-state index is -0.587. The molecule has 1 fully saturated rings. The van der Waals surface area contributed by atoms with Crippen molar-refractivity contribution >= 4 is 23.8 Å². The number of thioether (sulfide) groups is 1. The van der Waals surface area contributed by atoms with Gasteiger partial charge in [0.2, 0.25) is 0 Å².